The number of hydrazone groups is 1. The van der Waals surface area contributed by atoms with E-state index >= 15 is 0 Å². The Balaban J connectivity index is 1.91. The molecular weight excluding hydrogens is 304 g/mol. The van der Waals surface area contributed by atoms with Gasteiger partial charge in [0.2, 0.25) is 5.91 Å². The smallest absolute Gasteiger partial charge is 0.240 e. The highest BCUT2D eigenvalue weighted by molar-refractivity contribution is 5.85. The fraction of sp³-hybridized carbons (Fsp3) is 0.278. The number of amides is 1. The van der Waals surface area contributed by atoms with Gasteiger partial charge in [-0.25, -0.2) is 5.43 Å². The Morgan fingerprint density at radius 1 is 1.46 bits per heavy atom. The zero-order valence-electron chi connectivity index (χ0n) is 14.0. The molecule has 0 saturated heterocycles. The first kappa shape index (κ1) is 17.5. The summed E-state index contributed by atoms with van der Waals surface area (Å²) in [6.45, 7) is 7.50. The summed E-state index contributed by atoms with van der Waals surface area (Å²) in [7, 11) is 0. The van der Waals surface area contributed by atoms with Crippen molar-refractivity contribution in [3.05, 3.63) is 58.9 Å². The highest BCUT2D eigenvalue weighted by atomic mass is 16.3. The van der Waals surface area contributed by atoms with Gasteiger partial charge in [-0.1, -0.05) is 18.2 Å². The van der Waals surface area contributed by atoms with Crippen molar-refractivity contribution in [1.29, 1.82) is 0 Å². The number of hydrogen-bond donors (Lipinski definition) is 3. The molecule has 6 heteroatoms. The average molecular weight is 326 g/mol. The third kappa shape index (κ3) is 4.32. The van der Waals surface area contributed by atoms with Crippen LogP contribution in [0.1, 0.15) is 34.5 Å². The molecule has 2 aromatic rings. The summed E-state index contributed by atoms with van der Waals surface area (Å²) >= 11 is 0. The molecule has 126 valence electrons. The van der Waals surface area contributed by atoms with E-state index in [1.165, 1.54) is 6.21 Å². The molecule has 1 heterocycles. The maximum atomic E-state index is 11.9. The maximum Gasteiger partial charge on any atom is 0.240 e. The molecule has 0 fully saturated rings. The number of phenols is 1. The molecule has 0 saturated carbocycles. The molecule has 0 atom stereocenters. The fourth-order valence-electron chi connectivity index (χ4n) is 2.45. The molecule has 0 bridgehead atoms. The molecular formula is C18H22N4O2. The number of aromatic hydroxyl groups is 1. The molecule has 3 N–H and O–H groups in total. The largest absolute Gasteiger partial charge is 0.507 e. The average Bonchev–Trinajstić information content (AvgIpc) is 2.87. The normalized spacial score (nSPS) is 10.9. The van der Waals surface area contributed by atoms with Crippen molar-refractivity contribution >= 4 is 12.1 Å². The van der Waals surface area contributed by atoms with Crippen LogP contribution in [0.2, 0.25) is 0 Å². The number of nitrogens with one attached hydrogen (secondary N) is 2. The quantitative estimate of drug-likeness (QED) is 0.415. The summed E-state index contributed by atoms with van der Waals surface area (Å²) in [5.41, 5.74) is 6.75. The van der Waals surface area contributed by atoms with Crippen LogP contribution in [-0.4, -0.2) is 27.4 Å². The Bertz CT molecular complexity index is 743. The van der Waals surface area contributed by atoms with Crippen molar-refractivity contribution in [3.8, 4) is 5.75 Å². The standard InChI is InChI=1S/C18H22N4O2/c1-4-6-14-7-5-8-15(18(14)24)11-19-22-17(23)10-9-16-12(2)20-21-13(16)3/h4-5,7-8,11,24H,1,6,9-10H2,2-3H3,(H,20,21)(H,22,23)/b19-11+. The van der Waals surface area contributed by atoms with E-state index < -0.39 is 0 Å². The number of para-hydroxylation sites is 1. The number of nitrogens with zero attached hydrogens (tertiary/aromatic N) is 2. The molecule has 6 nitrogen and oxygen atoms in total. The second-order valence-electron chi connectivity index (χ2n) is 5.55. The summed E-state index contributed by atoms with van der Waals surface area (Å²) in [4.78, 5) is 11.9. The molecule has 1 amide bonds. The van der Waals surface area contributed by atoms with Crippen LogP contribution in [0, 0.1) is 13.8 Å². The molecule has 0 aliphatic heterocycles. The van der Waals surface area contributed by atoms with Gasteiger partial charge in [0.15, 0.2) is 0 Å². The Kier molecular flexibility index (Phi) is 5.89. The predicted molar refractivity (Wildman–Crippen MR) is 94.1 cm³/mol. The highest BCUT2D eigenvalue weighted by Crippen LogP contribution is 2.21. The number of aromatic nitrogens is 2. The molecule has 0 spiro atoms. The molecule has 24 heavy (non-hydrogen) atoms. The maximum absolute atomic E-state index is 11.9. The highest BCUT2D eigenvalue weighted by Gasteiger charge is 2.09. The van der Waals surface area contributed by atoms with Gasteiger partial charge >= 0.3 is 0 Å². The number of rotatable bonds is 7. The van der Waals surface area contributed by atoms with Crippen LogP contribution in [0.4, 0.5) is 0 Å². The molecule has 2 rings (SSSR count). The Hall–Kier alpha value is -2.89. The number of H-pyrrole nitrogens is 1. The number of aromatic amines is 1. The number of phenolic OH excluding ortho intramolecular Hbond substituents is 1. The topological polar surface area (TPSA) is 90.4 Å². The summed E-state index contributed by atoms with van der Waals surface area (Å²) in [6, 6.07) is 5.38. The molecule has 1 aromatic heterocycles. The second-order valence-corrected chi connectivity index (χ2v) is 5.55. The Morgan fingerprint density at radius 2 is 2.25 bits per heavy atom. The van der Waals surface area contributed by atoms with E-state index in [0.29, 0.717) is 24.8 Å². The van der Waals surface area contributed by atoms with Crippen LogP contribution in [0.15, 0.2) is 36.0 Å². The minimum Gasteiger partial charge on any atom is -0.507 e. The lowest BCUT2D eigenvalue weighted by Crippen LogP contribution is -2.18. The monoisotopic (exact) mass is 326 g/mol. The van der Waals surface area contributed by atoms with Crippen LogP contribution in [0.5, 0.6) is 5.75 Å². The second kappa shape index (κ2) is 8.10. The SMILES string of the molecule is C=CCc1cccc(/C=N/NC(=O)CCc2c(C)n[nH]c2C)c1O. The van der Waals surface area contributed by atoms with Gasteiger partial charge in [-0.2, -0.15) is 10.2 Å². The lowest BCUT2D eigenvalue weighted by molar-refractivity contribution is -0.121. The van der Waals surface area contributed by atoms with E-state index in [2.05, 4.69) is 27.3 Å². The Morgan fingerprint density at radius 3 is 2.92 bits per heavy atom. The molecule has 0 aliphatic rings. The van der Waals surface area contributed by atoms with Gasteiger partial charge in [0, 0.05) is 17.7 Å². The van der Waals surface area contributed by atoms with Crippen molar-refractivity contribution in [2.24, 2.45) is 5.10 Å². The van der Waals surface area contributed by atoms with Crippen LogP contribution in [0.25, 0.3) is 0 Å². The summed E-state index contributed by atoms with van der Waals surface area (Å²) < 4.78 is 0. The van der Waals surface area contributed by atoms with E-state index in [1.54, 1.807) is 12.1 Å². The van der Waals surface area contributed by atoms with Crippen molar-refractivity contribution in [3.63, 3.8) is 0 Å². The summed E-state index contributed by atoms with van der Waals surface area (Å²) in [5, 5.41) is 21.0. The van der Waals surface area contributed by atoms with E-state index in [-0.39, 0.29) is 11.7 Å². The number of carbonyl (C=O) groups is 1. The van der Waals surface area contributed by atoms with Gasteiger partial charge in [-0.3, -0.25) is 9.89 Å². The molecule has 0 radical (unpaired) electrons. The Labute approximate surface area is 141 Å². The van der Waals surface area contributed by atoms with Gasteiger partial charge in [0.25, 0.3) is 0 Å². The third-order valence-electron chi connectivity index (χ3n) is 3.79. The van der Waals surface area contributed by atoms with Crippen LogP contribution < -0.4 is 5.43 Å². The van der Waals surface area contributed by atoms with E-state index in [4.69, 9.17) is 0 Å². The zero-order valence-corrected chi connectivity index (χ0v) is 14.0. The lowest BCUT2D eigenvalue weighted by atomic mass is 10.1. The minimum absolute atomic E-state index is 0.153. The number of aryl methyl sites for hydroxylation is 2. The van der Waals surface area contributed by atoms with Crippen molar-refractivity contribution in [2.75, 3.05) is 0 Å². The van der Waals surface area contributed by atoms with Gasteiger partial charge in [-0.05, 0) is 43.9 Å². The first-order chi connectivity index (χ1) is 11.5. The molecule has 1 aromatic carbocycles. The van der Waals surface area contributed by atoms with Crippen molar-refractivity contribution in [1.82, 2.24) is 15.6 Å². The van der Waals surface area contributed by atoms with Gasteiger partial charge in [0.05, 0.1) is 11.9 Å². The van der Waals surface area contributed by atoms with Gasteiger partial charge < -0.3 is 5.11 Å². The summed E-state index contributed by atoms with van der Waals surface area (Å²) in [6.07, 6.45) is 4.66. The minimum atomic E-state index is -0.187. The van der Waals surface area contributed by atoms with E-state index in [9.17, 15) is 9.90 Å². The first-order valence-corrected chi connectivity index (χ1v) is 7.77. The number of benzene rings is 1. The summed E-state index contributed by atoms with van der Waals surface area (Å²) in [5.74, 6) is -0.0342. The van der Waals surface area contributed by atoms with Crippen LogP contribution in [0.3, 0.4) is 0 Å². The zero-order chi connectivity index (χ0) is 17.5. The van der Waals surface area contributed by atoms with Crippen molar-refractivity contribution in [2.45, 2.75) is 33.1 Å². The third-order valence-corrected chi connectivity index (χ3v) is 3.79. The van der Waals surface area contributed by atoms with E-state index in [1.807, 2.05) is 26.0 Å². The van der Waals surface area contributed by atoms with Gasteiger partial charge in [0.1, 0.15) is 5.75 Å². The van der Waals surface area contributed by atoms with Gasteiger partial charge in [-0.15, -0.1) is 6.58 Å². The van der Waals surface area contributed by atoms with Crippen LogP contribution in [-0.2, 0) is 17.6 Å². The fourth-order valence-corrected chi connectivity index (χ4v) is 2.45. The van der Waals surface area contributed by atoms with Crippen LogP contribution >= 0.6 is 0 Å². The van der Waals surface area contributed by atoms with E-state index in [0.717, 1.165) is 22.5 Å². The molecule has 0 aliphatic carbocycles. The van der Waals surface area contributed by atoms with Crippen molar-refractivity contribution < 1.29 is 9.90 Å². The predicted octanol–water partition coefficient (Wildman–Crippen LogP) is 2.54. The molecule has 0 unspecified atom stereocenters. The number of allylic oxidation sites excluding steroid dienone is 1. The lowest BCUT2D eigenvalue weighted by Gasteiger charge is -2.05. The number of carbonyl (C=O) groups excluding carboxylic acids is 1. The first-order valence-electron chi connectivity index (χ1n) is 7.77. The number of hydrogen-bond acceptors (Lipinski definition) is 4.